The summed E-state index contributed by atoms with van der Waals surface area (Å²) in [5.74, 6) is 0.0169. The fourth-order valence-corrected chi connectivity index (χ4v) is 3.59. The van der Waals surface area contributed by atoms with E-state index in [9.17, 15) is 4.79 Å². The largest absolute Gasteiger partial charge is 0.397 e. The summed E-state index contributed by atoms with van der Waals surface area (Å²) in [6, 6.07) is 5.90. The third-order valence-electron chi connectivity index (χ3n) is 3.08. The number of halogens is 1. The van der Waals surface area contributed by atoms with Crippen molar-refractivity contribution in [3.05, 3.63) is 27.5 Å². The second kappa shape index (κ2) is 5.92. The molecule has 0 radical (unpaired) electrons. The molecule has 1 amide bonds. The van der Waals surface area contributed by atoms with Crippen molar-refractivity contribution in [2.24, 2.45) is 0 Å². The first-order valence-electron chi connectivity index (χ1n) is 6.27. The normalized spacial score (nSPS) is 10.9. The highest BCUT2D eigenvalue weighted by molar-refractivity contribution is 9.10. The minimum Gasteiger partial charge on any atom is -0.397 e. The molecule has 0 saturated carbocycles. The van der Waals surface area contributed by atoms with Gasteiger partial charge in [0.2, 0.25) is 0 Å². The summed E-state index contributed by atoms with van der Waals surface area (Å²) in [7, 11) is 1.83. The summed E-state index contributed by atoms with van der Waals surface area (Å²) in [5.41, 5.74) is 6.70. The van der Waals surface area contributed by atoms with Gasteiger partial charge in [-0.1, -0.05) is 35.3 Å². The van der Waals surface area contributed by atoms with Crippen molar-refractivity contribution < 1.29 is 4.79 Å². The van der Waals surface area contributed by atoms with Crippen LogP contribution in [-0.2, 0) is 0 Å². The number of hydrogen-bond donors (Lipinski definition) is 1. The van der Waals surface area contributed by atoms with Gasteiger partial charge in [0.1, 0.15) is 4.88 Å². The first-order valence-corrected chi connectivity index (χ1v) is 7.88. The number of unbranched alkanes of at least 4 members (excludes halogenated alkanes) is 1. The molecular formula is C14H17BrN2OS. The smallest absolute Gasteiger partial charge is 0.265 e. The molecular weight excluding hydrogens is 324 g/mol. The predicted molar refractivity (Wildman–Crippen MR) is 85.8 cm³/mol. The van der Waals surface area contributed by atoms with E-state index in [0.717, 1.165) is 33.9 Å². The fraction of sp³-hybridized carbons (Fsp3) is 0.357. The Morgan fingerprint density at radius 2 is 2.21 bits per heavy atom. The molecule has 0 bridgehead atoms. The molecule has 0 spiro atoms. The maximum absolute atomic E-state index is 12.4. The lowest BCUT2D eigenvalue weighted by Crippen LogP contribution is -2.27. The van der Waals surface area contributed by atoms with Crippen LogP contribution in [0, 0.1) is 0 Å². The number of fused-ring (bicyclic) bond motifs is 1. The summed E-state index contributed by atoms with van der Waals surface area (Å²) in [6.45, 7) is 2.89. The maximum Gasteiger partial charge on any atom is 0.265 e. The lowest BCUT2D eigenvalue weighted by atomic mass is 10.2. The summed E-state index contributed by atoms with van der Waals surface area (Å²) >= 11 is 4.90. The second-order valence-electron chi connectivity index (χ2n) is 4.57. The van der Waals surface area contributed by atoms with Crippen LogP contribution in [0.4, 0.5) is 5.69 Å². The molecule has 2 N–H and O–H groups in total. The number of carbonyl (C=O) groups excluding carboxylic acids is 1. The Morgan fingerprint density at radius 3 is 2.89 bits per heavy atom. The van der Waals surface area contributed by atoms with Crippen LogP contribution in [0.5, 0.6) is 0 Å². The van der Waals surface area contributed by atoms with E-state index < -0.39 is 0 Å². The molecule has 0 fully saturated rings. The van der Waals surface area contributed by atoms with Crippen LogP contribution < -0.4 is 5.73 Å². The molecule has 1 aromatic carbocycles. The van der Waals surface area contributed by atoms with Gasteiger partial charge in [-0.15, -0.1) is 11.3 Å². The van der Waals surface area contributed by atoms with E-state index in [2.05, 4.69) is 22.9 Å². The van der Waals surface area contributed by atoms with Crippen LogP contribution in [0.2, 0.25) is 0 Å². The van der Waals surface area contributed by atoms with Gasteiger partial charge in [-0.2, -0.15) is 0 Å². The van der Waals surface area contributed by atoms with E-state index in [0.29, 0.717) is 10.6 Å². The van der Waals surface area contributed by atoms with Crippen molar-refractivity contribution in [2.45, 2.75) is 19.8 Å². The van der Waals surface area contributed by atoms with Gasteiger partial charge in [-0.3, -0.25) is 4.79 Å². The maximum atomic E-state index is 12.4. The van der Waals surface area contributed by atoms with Crippen molar-refractivity contribution in [3.63, 3.8) is 0 Å². The summed E-state index contributed by atoms with van der Waals surface area (Å²) < 4.78 is 2.04. The van der Waals surface area contributed by atoms with Crippen LogP contribution in [0.15, 0.2) is 22.7 Å². The summed E-state index contributed by atoms with van der Waals surface area (Å²) in [6.07, 6.45) is 2.09. The quantitative estimate of drug-likeness (QED) is 0.909. The standard InChI is InChI=1S/C14H17BrN2OS/c1-3-4-7-17(2)14(18)13-12(16)10-6-5-9(15)8-11(10)19-13/h5-6,8H,3-4,7,16H2,1-2H3. The van der Waals surface area contributed by atoms with Crippen LogP contribution in [-0.4, -0.2) is 24.4 Å². The highest BCUT2D eigenvalue weighted by Gasteiger charge is 2.19. The molecule has 3 nitrogen and oxygen atoms in total. The minimum absolute atomic E-state index is 0.0169. The number of carbonyl (C=O) groups is 1. The number of thiophene rings is 1. The van der Waals surface area contributed by atoms with E-state index in [1.165, 1.54) is 11.3 Å². The second-order valence-corrected chi connectivity index (χ2v) is 6.53. The Hall–Kier alpha value is -1.07. The lowest BCUT2D eigenvalue weighted by Gasteiger charge is -2.15. The molecule has 1 heterocycles. The molecule has 2 rings (SSSR count). The summed E-state index contributed by atoms with van der Waals surface area (Å²) in [5, 5.41) is 0.959. The topological polar surface area (TPSA) is 46.3 Å². The molecule has 0 aliphatic heterocycles. The number of benzene rings is 1. The first-order chi connectivity index (χ1) is 9.04. The molecule has 0 saturated heterocycles. The van der Waals surface area contributed by atoms with Gasteiger partial charge >= 0.3 is 0 Å². The van der Waals surface area contributed by atoms with Crippen molar-refractivity contribution in [3.8, 4) is 0 Å². The van der Waals surface area contributed by atoms with E-state index in [1.54, 1.807) is 4.90 Å². The molecule has 19 heavy (non-hydrogen) atoms. The SMILES string of the molecule is CCCCN(C)C(=O)c1sc2cc(Br)ccc2c1N. The fourth-order valence-electron chi connectivity index (χ4n) is 1.92. The molecule has 0 aliphatic rings. The molecule has 1 aromatic heterocycles. The minimum atomic E-state index is 0.0169. The van der Waals surface area contributed by atoms with Crippen molar-refractivity contribution >= 4 is 48.9 Å². The number of hydrogen-bond acceptors (Lipinski definition) is 3. The highest BCUT2D eigenvalue weighted by Crippen LogP contribution is 2.35. The predicted octanol–water partition coefficient (Wildman–Crippen LogP) is 4.12. The Balaban J connectivity index is 2.34. The van der Waals surface area contributed by atoms with Crippen molar-refractivity contribution in [2.75, 3.05) is 19.3 Å². The third-order valence-corrected chi connectivity index (χ3v) is 4.73. The number of amides is 1. The third kappa shape index (κ3) is 2.92. The number of nitrogens with two attached hydrogens (primary N) is 1. The zero-order valence-corrected chi connectivity index (χ0v) is 13.5. The Bertz CT molecular complexity index is 609. The van der Waals surface area contributed by atoms with Gasteiger partial charge in [0, 0.05) is 28.2 Å². The molecule has 0 atom stereocenters. The molecule has 0 aliphatic carbocycles. The Kier molecular flexibility index (Phi) is 4.47. The van der Waals surface area contributed by atoms with Crippen LogP contribution in [0.1, 0.15) is 29.4 Å². The van der Waals surface area contributed by atoms with Gasteiger partial charge in [0.25, 0.3) is 5.91 Å². The average molecular weight is 341 g/mol. The van der Waals surface area contributed by atoms with Crippen LogP contribution in [0.25, 0.3) is 10.1 Å². The van der Waals surface area contributed by atoms with Gasteiger partial charge < -0.3 is 10.6 Å². The average Bonchev–Trinajstić information content (AvgIpc) is 2.71. The van der Waals surface area contributed by atoms with Gasteiger partial charge in [0.05, 0.1) is 5.69 Å². The molecule has 2 aromatic rings. The van der Waals surface area contributed by atoms with Gasteiger partial charge in [-0.05, 0) is 18.6 Å². The van der Waals surface area contributed by atoms with E-state index in [-0.39, 0.29) is 5.91 Å². The molecule has 102 valence electrons. The molecule has 5 heteroatoms. The number of nitrogen functional groups attached to an aromatic ring is 1. The Labute approximate surface area is 125 Å². The van der Waals surface area contributed by atoms with Gasteiger partial charge in [-0.25, -0.2) is 0 Å². The first kappa shape index (κ1) is 14.3. The van der Waals surface area contributed by atoms with Crippen molar-refractivity contribution in [1.82, 2.24) is 4.90 Å². The monoisotopic (exact) mass is 340 g/mol. The Morgan fingerprint density at radius 1 is 1.47 bits per heavy atom. The molecule has 0 unspecified atom stereocenters. The lowest BCUT2D eigenvalue weighted by molar-refractivity contribution is 0.0799. The number of nitrogens with zero attached hydrogens (tertiary/aromatic N) is 1. The van der Waals surface area contributed by atoms with Crippen molar-refractivity contribution in [1.29, 1.82) is 0 Å². The zero-order chi connectivity index (χ0) is 14.0. The van der Waals surface area contributed by atoms with Crippen LogP contribution >= 0.6 is 27.3 Å². The van der Waals surface area contributed by atoms with E-state index in [4.69, 9.17) is 5.73 Å². The van der Waals surface area contributed by atoms with E-state index in [1.807, 2.05) is 25.2 Å². The van der Waals surface area contributed by atoms with Crippen LogP contribution in [0.3, 0.4) is 0 Å². The zero-order valence-electron chi connectivity index (χ0n) is 11.1. The number of anilines is 1. The highest BCUT2D eigenvalue weighted by atomic mass is 79.9. The number of rotatable bonds is 4. The van der Waals surface area contributed by atoms with Gasteiger partial charge in [0.15, 0.2) is 0 Å². The summed E-state index contributed by atoms with van der Waals surface area (Å²) in [4.78, 5) is 14.8. The van der Waals surface area contributed by atoms with E-state index >= 15 is 0 Å².